The topological polar surface area (TPSA) is 62.1 Å². The fourth-order valence-corrected chi connectivity index (χ4v) is 2.79. The molecule has 108 valence electrons. The molecule has 4 nitrogen and oxygen atoms in total. The van der Waals surface area contributed by atoms with E-state index in [4.69, 9.17) is 4.74 Å². The van der Waals surface area contributed by atoms with Crippen LogP contribution in [0.2, 0.25) is 0 Å². The Morgan fingerprint density at radius 1 is 1.37 bits per heavy atom. The standard InChI is InChI=1S/C15H26N2O2/c1-15(12-16,13-8-4-3-5-9-13)17-14(18)10-6-7-11-19-2/h13H,3-11H2,1-2H3,(H,17,18)/t15-/m0/s1. The molecular weight excluding hydrogens is 240 g/mol. The van der Waals surface area contributed by atoms with Gasteiger partial charge in [-0.15, -0.1) is 0 Å². The molecule has 1 aliphatic rings. The zero-order valence-electron chi connectivity index (χ0n) is 12.2. The fourth-order valence-electron chi connectivity index (χ4n) is 2.79. The molecule has 0 heterocycles. The number of hydrogen-bond donors (Lipinski definition) is 1. The molecule has 1 aliphatic carbocycles. The molecule has 1 N–H and O–H groups in total. The number of nitrogens with zero attached hydrogens (tertiary/aromatic N) is 1. The van der Waals surface area contributed by atoms with Crippen LogP contribution in [0.15, 0.2) is 0 Å². The monoisotopic (exact) mass is 266 g/mol. The molecule has 0 radical (unpaired) electrons. The Morgan fingerprint density at radius 2 is 2.05 bits per heavy atom. The molecule has 0 aliphatic heterocycles. The van der Waals surface area contributed by atoms with Crippen molar-refractivity contribution in [1.29, 1.82) is 5.26 Å². The van der Waals surface area contributed by atoms with Crippen molar-refractivity contribution in [3.8, 4) is 6.07 Å². The van der Waals surface area contributed by atoms with Crippen molar-refractivity contribution in [3.63, 3.8) is 0 Å². The van der Waals surface area contributed by atoms with E-state index in [1.807, 2.05) is 6.92 Å². The van der Waals surface area contributed by atoms with E-state index in [0.29, 0.717) is 18.9 Å². The molecule has 19 heavy (non-hydrogen) atoms. The van der Waals surface area contributed by atoms with Gasteiger partial charge >= 0.3 is 0 Å². The number of rotatable bonds is 7. The minimum absolute atomic E-state index is 0.00859. The molecule has 0 aromatic heterocycles. The Morgan fingerprint density at radius 3 is 2.63 bits per heavy atom. The number of unbranched alkanes of at least 4 members (excludes halogenated alkanes) is 1. The molecular formula is C15H26N2O2. The molecule has 1 rings (SSSR count). The second-order valence-corrected chi connectivity index (χ2v) is 5.65. The minimum Gasteiger partial charge on any atom is -0.385 e. The molecule has 1 atom stereocenters. The van der Waals surface area contributed by atoms with Crippen molar-refractivity contribution >= 4 is 5.91 Å². The van der Waals surface area contributed by atoms with E-state index >= 15 is 0 Å². The first-order valence-corrected chi connectivity index (χ1v) is 7.33. The maximum Gasteiger partial charge on any atom is 0.221 e. The van der Waals surface area contributed by atoms with Gasteiger partial charge in [0.2, 0.25) is 5.91 Å². The molecule has 1 amide bonds. The Labute approximate surface area is 116 Å². The van der Waals surface area contributed by atoms with Gasteiger partial charge in [0.15, 0.2) is 0 Å². The summed E-state index contributed by atoms with van der Waals surface area (Å²) in [6.07, 6.45) is 7.87. The largest absolute Gasteiger partial charge is 0.385 e. The number of hydrogen-bond acceptors (Lipinski definition) is 3. The quantitative estimate of drug-likeness (QED) is 0.721. The highest BCUT2D eigenvalue weighted by Crippen LogP contribution is 2.32. The maximum absolute atomic E-state index is 11.9. The van der Waals surface area contributed by atoms with Gasteiger partial charge in [-0.3, -0.25) is 4.79 Å². The van der Waals surface area contributed by atoms with Crippen molar-refractivity contribution in [2.24, 2.45) is 5.92 Å². The van der Waals surface area contributed by atoms with Gasteiger partial charge in [0, 0.05) is 20.1 Å². The molecule has 0 bridgehead atoms. The van der Waals surface area contributed by atoms with Crippen LogP contribution in [0.1, 0.15) is 58.3 Å². The third kappa shape index (κ3) is 5.20. The summed E-state index contributed by atoms with van der Waals surface area (Å²) in [4.78, 5) is 11.9. The highest BCUT2D eigenvalue weighted by atomic mass is 16.5. The minimum atomic E-state index is -0.696. The van der Waals surface area contributed by atoms with Gasteiger partial charge in [-0.1, -0.05) is 19.3 Å². The third-order valence-electron chi connectivity index (χ3n) is 4.06. The number of amides is 1. The van der Waals surface area contributed by atoms with Crippen molar-refractivity contribution in [2.75, 3.05) is 13.7 Å². The van der Waals surface area contributed by atoms with Gasteiger partial charge in [0.05, 0.1) is 6.07 Å². The maximum atomic E-state index is 11.9. The van der Waals surface area contributed by atoms with E-state index in [-0.39, 0.29) is 5.91 Å². The number of methoxy groups -OCH3 is 1. The van der Waals surface area contributed by atoms with E-state index in [1.54, 1.807) is 7.11 Å². The van der Waals surface area contributed by atoms with Gasteiger partial charge in [0.25, 0.3) is 0 Å². The summed E-state index contributed by atoms with van der Waals surface area (Å²) >= 11 is 0. The number of ether oxygens (including phenoxy) is 1. The van der Waals surface area contributed by atoms with E-state index in [9.17, 15) is 10.1 Å². The third-order valence-corrected chi connectivity index (χ3v) is 4.06. The summed E-state index contributed by atoms with van der Waals surface area (Å²) in [6.45, 7) is 2.56. The Hall–Kier alpha value is -1.08. The second-order valence-electron chi connectivity index (χ2n) is 5.65. The van der Waals surface area contributed by atoms with Crippen molar-refractivity contribution < 1.29 is 9.53 Å². The first-order chi connectivity index (χ1) is 9.12. The van der Waals surface area contributed by atoms with Crippen LogP contribution in [0.25, 0.3) is 0 Å². The average Bonchev–Trinajstić information content (AvgIpc) is 2.44. The molecule has 0 saturated heterocycles. The number of nitrogens with one attached hydrogen (secondary N) is 1. The zero-order valence-corrected chi connectivity index (χ0v) is 12.2. The van der Waals surface area contributed by atoms with E-state index in [1.165, 1.54) is 19.3 Å². The SMILES string of the molecule is COCCCCC(=O)N[C@@](C)(C#N)C1CCCCC1. The van der Waals surface area contributed by atoms with Crippen LogP contribution < -0.4 is 5.32 Å². The Bertz CT molecular complexity index is 319. The summed E-state index contributed by atoms with van der Waals surface area (Å²) in [6, 6.07) is 2.32. The first-order valence-electron chi connectivity index (χ1n) is 7.33. The van der Waals surface area contributed by atoms with Gasteiger partial charge in [0.1, 0.15) is 5.54 Å². The summed E-state index contributed by atoms with van der Waals surface area (Å²) in [5.74, 6) is 0.292. The predicted molar refractivity (Wildman–Crippen MR) is 74.5 cm³/mol. The normalized spacial score (nSPS) is 19.4. The van der Waals surface area contributed by atoms with Crippen LogP contribution in [-0.4, -0.2) is 25.2 Å². The van der Waals surface area contributed by atoms with Crippen LogP contribution >= 0.6 is 0 Å². The van der Waals surface area contributed by atoms with Crippen molar-refractivity contribution in [1.82, 2.24) is 5.32 Å². The summed E-state index contributed by atoms with van der Waals surface area (Å²) in [5.41, 5.74) is -0.696. The Balaban J connectivity index is 2.41. The lowest BCUT2D eigenvalue weighted by atomic mass is 9.76. The summed E-state index contributed by atoms with van der Waals surface area (Å²) in [7, 11) is 1.66. The Kier molecular flexibility index (Phi) is 6.86. The predicted octanol–water partition coefficient (Wildman–Crippen LogP) is 2.78. The van der Waals surface area contributed by atoms with Crippen LogP contribution in [-0.2, 0) is 9.53 Å². The van der Waals surface area contributed by atoms with Crippen molar-refractivity contribution in [3.05, 3.63) is 0 Å². The molecule has 1 saturated carbocycles. The van der Waals surface area contributed by atoms with Gasteiger partial charge in [-0.2, -0.15) is 5.26 Å². The molecule has 1 fully saturated rings. The van der Waals surface area contributed by atoms with Gasteiger partial charge < -0.3 is 10.1 Å². The van der Waals surface area contributed by atoms with Crippen LogP contribution in [0, 0.1) is 17.2 Å². The number of carbonyl (C=O) groups is 1. The van der Waals surface area contributed by atoms with Crippen LogP contribution in [0.5, 0.6) is 0 Å². The average molecular weight is 266 g/mol. The highest BCUT2D eigenvalue weighted by molar-refractivity contribution is 5.77. The molecule has 0 aromatic rings. The lowest BCUT2D eigenvalue weighted by Crippen LogP contribution is -2.51. The molecule has 4 heteroatoms. The molecule has 0 aromatic carbocycles. The summed E-state index contributed by atoms with van der Waals surface area (Å²) in [5, 5.41) is 12.4. The van der Waals surface area contributed by atoms with Crippen molar-refractivity contribution in [2.45, 2.75) is 63.8 Å². The van der Waals surface area contributed by atoms with E-state index in [0.717, 1.165) is 25.7 Å². The smallest absolute Gasteiger partial charge is 0.221 e. The number of carbonyl (C=O) groups excluding carboxylic acids is 1. The lowest BCUT2D eigenvalue weighted by molar-refractivity contribution is -0.123. The highest BCUT2D eigenvalue weighted by Gasteiger charge is 2.36. The molecule has 0 unspecified atom stereocenters. The van der Waals surface area contributed by atoms with E-state index < -0.39 is 5.54 Å². The second kappa shape index (κ2) is 8.16. The zero-order chi connectivity index (χ0) is 14.1. The van der Waals surface area contributed by atoms with Gasteiger partial charge in [-0.25, -0.2) is 0 Å². The van der Waals surface area contributed by atoms with Gasteiger partial charge in [-0.05, 0) is 38.5 Å². The fraction of sp³-hybridized carbons (Fsp3) is 0.867. The van der Waals surface area contributed by atoms with Crippen LogP contribution in [0.4, 0.5) is 0 Å². The van der Waals surface area contributed by atoms with E-state index in [2.05, 4.69) is 11.4 Å². The lowest BCUT2D eigenvalue weighted by Gasteiger charge is -2.35. The first kappa shape index (κ1) is 16.0. The summed E-state index contributed by atoms with van der Waals surface area (Å²) < 4.78 is 4.96. The molecule has 0 spiro atoms. The number of nitriles is 1. The van der Waals surface area contributed by atoms with Crippen LogP contribution in [0.3, 0.4) is 0 Å².